The standard InChI is InChI=1S/C14H10BrFO2S/c15-10-3-6-13(12(16)8-10)19-11-4-1-9(2-5-11)7-14(17)18/h1-6,8H,7H2,(H,17,18). The number of hydrogen-bond acceptors (Lipinski definition) is 2. The van der Waals surface area contributed by atoms with Gasteiger partial charge in [-0.05, 0) is 35.9 Å². The molecule has 19 heavy (non-hydrogen) atoms. The van der Waals surface area contributed by atoms with Gasteiger partial charge in [-0.3, -0.25) is 4.79 Å². The molecule has 0 radical (unpaired) electrons. The molecule has 0 aliphatic rings. The van der Waals surface area contributed by atoms with Crippen LogP contribution in [0.25, 0.3) is 0 Å². The predicted molar refractivity (Wildman–Crippen MR) is 76.0 cm³/mol. The first-order valence-corrected chi connectivity index (χ1v) is 7.09. The molecule has 0 unspecified atom stereocenters. The smallest absolute Gasteiger partial charge is 0.307 e. The number of benzene rings is 2. The number of hydrogen-bond donors (Lipinski definition) is 1. The highest BCUT2D eigenvalue weighted by Gasteiger charge is 2.06. The molecule has 0 bridgehead atoms. The zero-order valence-corrected chi connectivity index (χ0v) is 12.2. The van der Waals surface area contributed by atoms with E-state index in [1.807, 2.05) is 0 Å². The molecule has 0 heterocycles. The predicted octanol–water partition coefficient (Wildman–Crippen LogP) is 4.37. The maximum atomic E-state index is 13.7. The van der Waals surface area contributed by atoms with E-state index in [9.17, 15) is 9.18 Å². The van der Waals surface area contributed by atoms with Gasteiger partial charge in [-0.2, -0.15) is 0 Å². The van der Waals surface area contributed by atoms with Crippen molar-refractivity contribution in [2.24, 2.45) is 0 Å². The van der Waals surface area contributed by atoms with Crippen LogP contribution in [0.5, 0.6) is 0 Å². The molecule has 0 saturated heterocycles. The molecule has 2 nitrogen and oxygen atoms in total. The summed E-state index contributed by atoms with van der Waals surface area (Å²) in [4.78, 5) is 12.0. The quantitative estimate of drug-likeness (QED) is 0.897. The number of aliphatic carboxylic acids is 1. The second kappa shape index (κ2) is 6.21. The molecule has 0 aliphatic carbocycles. The average Bonchev–Trinajstić information content (AvgIpc) is 2.34. The molecule has 2 aromatic rings. The summed E-state index contributed by atoms with van der Waals surface area (Å²) in [5.74, 6) is -1.15. The van der Waals surface area contributed by atoms with Gasteiger partial charge in [-0.15, -0.1) is 0 Å². The van der Waals surface area contributed by atoms with Crippen molar-refractivity contribution in [3.05, 3.63) is 58.3 Å². The molecule has 0 saturated carbocycles. The van der Waals surface area contributed by atoms with E-state index in [1.165, 1.54) is 17.8 Å². The molecule has 5 heteroatoms. The van der Waals surface area contributed by atoms with Crippen molar-refractivity contribution in [2.75, 3.05) is 0 Å². The Labute approximate surface area is 122 Å². The minimum absolute atomic E-state index is 0.00239. The van der Waals surface area contributed by atoms with Crippen LogP contribution in [0.1, 0.15) is 5.56 Å². The summed E-state index contributed by atoms with van der Waals surface area (Å²) in [6, 6.07) is 12.0. The van der Waals surface area contributed by atoms with Gasteiger partial charge in [0, 0.05) is 14.3 Å². The molecule has 0 aliphatic heterocycles. The number of carboxylic acid groups (broad SMARTS) is 1. The minimum atomic E-state index is -0.862. The van der Waals surface area contributed by atoms with Crippen LogP contribution in [0.15, 0.2) is 56.7 Å². The zero-order valence-electron chi connectivity index (χ0n) is 9.77. The van der Waals surface area contributed by atoms with E-state index in [2.05, 4.69) is 15.9 Å². The van der Waals surface area contributed by atoms with Gasteiger partial charge in [-0.25, -0.2) is 4.39 Å². The summed E-state index contributed by atoms with van der Waals surface area (Å²) in [5, 5.41) is 8.67. The summed E-state index contributed by atoms with van der Waals surface area (Å²) >= 11 is 4.52. The Morgan fingerprint density at radius 1 is 1.21 bits per heavy atom. The third kappa shape index (κ3) is 4.08. The largest absolute Gasteiger partial charge is 0.481 e. The second-order valence-electron chi connectivity index (χ2n) is 3.89. The topological polar surface area (TPSA) is 37.3 Å². The van der Waals surface area contributed by atoms with Gasteiger partial charge in [0.05, 0.1) is 6.42 Å². The molecule has 98 valence electrons. The number of carboxylic acids is 1. The summed E-state index contributed by atoms with van der Waals surface area (Å²) < 4.78 is 14.4. The van der Waals surface area contributed by atoms with Crippen molar-refractivity contribution < 1.29 is 14.3 Å². The van der Waals surface area contributed by atoms with Crippen molar-refractivity contribution in [1.29, 1.82) is 0 Å². The fourth-order valence-corrected chi connectivity index (χ4v) is 2.69. The molecule has 2 aromatic carbocycles. The number of halogens is 2. The highest BCUT2D eigenvalue weighted by molar-refractivity contribution is 9.10. The molecule has 2 rings (SSSR count). The molecule has 0 atom stereocenters. The number of rotatable bonds is 4. The Kier molecular flexibility index (Phi) is 4.61. The van der Waals surface area contributed by atoms with Crippen LogP contribution < -0.4 is 0 Å². The molecule has 0 spiro atoms. The monoisotopic (exact) mass is 340 g/mol. The van der Waals surface area contributed by atoms with E-state index in [4.69, 9.17) is 5.11 Å². The van der Waals surface area contributed by atoms with Gasteiger partial charge in [0.15, 0.2) is 0 Å². The van der Waals surface area contributed by atoms with Gasteiger partial charge in [0.25, 0.3) is 0 Å². The molecule has 1 N–H and O–H groups in total. The summed E-state index contributed by atoms with van der Waals surface area (Å²) in [6.45, 7) is 0. The van der Waals surface area contributed by atoms with Gasteiger partial charge >= 0.3 is 5.97 Å². The van der Waals surface area contributed by atoms with Gasteiger partial charge in [-0.1, -0.05) is 39.8 Å². The third-order valence-electron chi connectivity index (χ3n) is 2.40. The van der Waals surface area contributed by atoms with E-state index >= 15 is 0 Å². The highest BCUT2D eigenvalue weighted by atomic mass is 79.9. The lowest BCUT2D eigenvalue weighted by atomic mass is 10.2. The van der Waals surface area contributed by atoms with Crippen LogP contribution in [0.2, 0.25) is 0 Å². The molecule has 0 amide bonds. The Morgan fingerprint density at radius 2 is 1.89 bits per heavy atom. The van der Waals surface area contributed by atoms with E-state index < -0.39 is 5.97 Å². The summed E-state index contributed by atoms with van der Waals surface area (Å²) in [7, 11) is 0. The van der Waals surface area contributed by atoms with Gasteiger partial charge < -0.3 is 5.11 Å². The molecule has 0 aromatic heterocycles. The first-order valence-electron chi connectivity index (χ1n) is 5.48. The first-order chi connectivity index (χ1) is 9.04. The van der Waals surface area contributed by atoms with Crippen LogP contribution >= 0.6 is 27.7 Å². The molecule has 0 fully saturated rings. The van der Waals surface area contributed by atoms with Crippen LogP contribution in [0, 0.1) is 5.82 Å². The Hall–Kier alpha value is -1.33. The summed E-state index contributed by atoms with van der Waals surface area (Å²) in [6.07, 6.45) is -0.00239. The van der Waals surface area contributed by atoms with Crippen LogP contribution in [-0.2, 0) is 11.2 Å². The molecular weight excluding hydrogens is 331 g/mol. The lowest BCUT2D eigenvalue weighted by molar-refractivity contribution is -0.136. The first kappa shape index (κ1) is 14.1. The van der Waals surface area contributed by atoms with E-state index in [0.29, 0.717) is 9.37 Å². The fraction of sp³-hybridized carbons (Fsp3) is 0.0714. The third-order valence-corrected chi connectivity index (χ3v) is 3.95. The maximum absolute atomic E-state index is 13.7. The molecular formula is C14H10BrFO2S. The van der Waals surface area contributed by atoms with Gasteiger partial charge in [0.2, 0.25) is 0 Å². The SMILES string of the molecule is O=C(O)Cc1ccc(Sc2ccc(Br)cc2F)cc1. The lowest BCUT2D eigenvalue weighted by Gasteiger charge is -2.04. The maximum Gasteiger partial charge on any atom is 0.307 e. The van der Waals surface area contributed by atoms with Crippen molar-refractivity contribution in [2.45, 2.75) is 16.2 Å². The minimum Gasteiger partial charge on any atom is -0.481 e. The lowest BCUT2D eigenvalue weighted by Crippen LogP contribution is -1.99. The van der Waals surface area contributed by atoms with Crippen LogP contribution in [0.3, 0.4) is 0 Å². The second-order valence-corrected chi connectivity index (χ2v) is 5.92. The fourth-order valence-electron chi connectivity index (χ4n) is 1.53. The Balaban J connectivity index is 2.13. The highest BCUT2D eigenvalue weighted by Crippen LogP contribution is 2.31. The van der Waals surface area contributed by atoms with E-state index in [-0.39, 0.29) is 12.2 Å². The Bertz CT molecular complexity index is 599. The van der Waals surface area contributed by atoms with Gasteiger partial charge in [0.1, 0.15) is 5.82 Å². The van der Waals surface area contributed by atoms with Crippen LogP contribution in [-0.4, -0.2) is 11.1 Å². The zero-order chi connectivity index (χ0) is 13.8. The van der Waals surface area contributed by atoms with Crippen LogP contribution in [0.4, 0.5) is 4.39 Å². The number of carbonyl (C=O) groups is 1. The van der Waals surface area contributed by atoms with E-state index in [1.54, 1.807) is 36.4 Å². The van der Waals surface area contributed by atoms with Crippen molar-refractivity contribution in [1.82, 2.24) is 0 Å². The van der Waals surface area contributed by atoms with Crippen molar-refractivity contribution in [3.8, 4) is 0 Å². The summed E-state index contributed by atoms with van der Waals surface area (Å²) in [5.41, 5.74) is 0.730. The van der Waals surface area contributed by atoms with E-state index in [0.717, 1.165) is 10.5 Å². The van der Waals surface area contributed by atoms with Crippen molar-refractivity contribution in [3.63, 3.8) is 0 Å². The average molecular weight is 341 g/mol. The normalized spacial score (nSPS) is 10.4. The Morgan fingerprint density at radius 3 is 2.47 bits per heavy atom. The van der Waals surface area contributed by atoms with Crippen molar-refractivity contribution >= 4 is 33.7 Å².